The van der Waals surface area contributed by atoms with Gasteiger partial charge in [-0.15, -0.1) is 0 Å². The van der Waals surface area contributed by atoms with Crippen LogP contribution in [-0.4, -0.2) is 53.8 Å². The van der Waals surface area contributed by atoms with Gasteiger partial charge in [-0.2, -0.15) is 15.0 Å². The van der Waals surface area contributed by atoms with E-state index in [1.54, 1.807) is 0 Å². The molecule has 7 nitrogen and oxygen atoms in total. The second kappa shape index (κ2) is 7.40. The highest BCUT2D eigenvalue weighted by molar-refractivity contribution is 5.43. The molecule has 1 fully saturated rings. The molecule has 2 heterocycles. The van der Waals surface area contributed by atoms with E-state index in [2.05, 4.69) is 51.3 Å². The molecule has 2 N–H and O–H groups in total. The number of rotatable bonds is 6. The number of aromatic nitrogens is 3. The average molecular weight is 294 g/mol. The molecule has 2 atom stereocenters. The molecule has 1 aromatic heterocycles. The molecule has 21 heavy (non-hydrogen) atoms. The minimum Gasteiger partial charge on any atom is -0.378 e. The van der Waals surface area contributed by atoms with Gasteiger partial charge in [-0.25, -0.2) is 0 Å². The number of nitrogens with zero attached hydrogens (tertiary/aromatic N) is 4. The van der Waals surface area contributed by atoms with Crippen LogP contribution < -0.4 is 15.5 Å². The minimum atomic E-state index is 0.282. The molecule has 7 heteroatoms. The summed E-state index contributed by atoms with van der Waals surface area (Å²) in [7, 11) is 1.82. The van der Waals surface area contributed by atoms with Gasteiger partial charge in [-0.05, 0) is 33.6 Å². The second-order valence-corrected chi connectivity index (χ2v) is 5.25. The Kier molecular flexibility index (Phi) is 5.55. The van der Waals surface area contributed by atoms with Crippen LogP contribution in [0.4, 0.5) is 17.8 Å². The molecule has 0 aromatic carbocycles. The Morgan fingerprint density at radius 3 is 2.52 bits per heavy atom. The third-order valence-corrected chi connectivity index (χ3v) is 3.71. The van der Waals surface area contributed by atoms with E-state index in [-0.39, 0.29) is 6.10 Å². The standard InChI is InChI=1S/C14H26N6O/c1-5-20(6-2)14-18-12(15-4)17-13(19-14)16-11-7-8-21-10(3)9-11/h10-11H,5-9H2,1-4H3,(H2,15,16,17,18,19). The first-order valence-corrected chi connectivity index (χ1v) is 7.73. The van der Waals surface area contributed by atoms with Crippen molar-refractivity contribution >= 4 is 17.8 Å². The van der Waals surface area contributed by atoms with Crippen LogP contribution >= 0.6 is 0 Å². The van der Waals surface area contributed by atoms with E-state index >= 15 is 0 Å². The van der Waals surface area contributed by atoms with Crippen LogP contribution in [0.15, 0.2) is 0 Å². The first kappa shape index (κ1) is 15.8. The molecule has 0 aliphatic carbocycles. The first-order chi connectivity index (χ1) is 10.2. The van der Waals surface area contributed by atoms with Crippen LogP contribution in [0.3, 0.4) is 0 Å². The number of nitrogens with one attached hydrogen (secondary N) is 2. The molecule has 1 aliphatic heterocycles. The van der Waals surface area contributed by atoms with Gasteiger partial charge in [0.2, 0.25) is 17.8 Å². The summed E-state index contributed by atoms with van der Waals surface area (Å²) >= 11 is 0. The summed E-state index contributed by atoms with van der Waals surface area (Å²) in [6.45, 7) is 8.82. The fourth-order valence-corrected chi connectivity index (χ4v) is 2.50. The van der Waals surface area contributed by atoms with Gasteiger partial charge < -0.3 is 20.3 Å². The van der Waals surface area contributed by atoms with Gasteiger partial charge in [0.05, 0.1) is 6.10 Å². The Balaban J connectivity index is 2.16. The molecular formula is C14H26N6O. The van der Waals surface area contributed by atoms with Crippen molar-refractivity contribution in [3.8, 4) is 0 Å². The van der Waals surface area contributed by atoms with Crippen LogP contribution in [0.5, 0.6) is 0 Å². The van der Waals surface area contributed by atoms with Crippen molar-refractivity contribution in [2.75, 3.05) is 42.3 Å². The van der Waals surface area contributed by atoms with Gasteiger partial charge >= 0.3 is 0 Å². The normalized spacial score (nSPS) is 21.9. The molecular weight excluding hydrogens is 268 g/mol. The van der Waals surface area contributed by atoms with Crippen LogP contribution in [0, 0.1) is 0 Å². The van der Waals surface area contributed by atoms with E-state index in [0.29, 0.717) is 23.9 Å². The maximum atomic E-state index is 5.57. The number of hydrogen-bond acceptors (Lipinski definition) is 7. The van der Waals surface area contributed by atoms with E-state index in [4.69, 9.17) is 4.74 Å². The van der Waals surface area contributed by atoms with Crippen molar-refractivity contribution in [2.45, 2.75) is 45.8 Å². The minimum absolute atomic E-state index is 0.282. The number of ether oxygens (including phenoxy) is 1. The zero-order valence-electron chi connectivity index (χ0n) is 13.4. The summed E-state index contributed by atoms with van der Waals surface area (Å²) in [6.07, 6.45) is 2.23. The van der Waals surface area contributed by atoms with Crippen LogP contribution in [-0.2, 0) is 4.74 Å². The topological polar surface area (TPSA) is 75.2 Å². The van der Waals surface area contributed by atoms with Gasteiger partial charge in [-0.3, -0.25) is 0 Å². The van der Waals surface area contributed by atoms with Crippen LogP contribution in [0.25, 0.3) is 0 Å². The molecule has 1 aromatic rings. The van der Waals surface area contributed by atoms with E-state index in [1.807, 2.05) is 7.05 Å². The second-order valence-electron chi connectivity index (χ2n) is 5.25. The summed E-state index contributed by atoms with van der Waals surface area (Å²) in [5, 5.41) is 6.42. The molecule has 1 aliphatic rings. The smallest absolute Gasteiger partial charge is 0.231 e. The monoisotopic (exact) mass is 294 g/mol. The third-order valence-electron chi connectivity index (χ3n) is 3.71. The number of anilines is 3. The van der Waals surface area contributed by atoms with Crippen molar-refractivity contribution in [1.82, 2.24) is 15.0 Å². The van der Waals surface area contributed by atoms with E-state index in [1.165, 1.54) is 0 Å². The lowest BCUT2D eigenvalue weighted by molar-refractivity contribution is 0.0231. The fraction of sp³-hybridized carbons (Fsp3) is 0.786. The largest absolute Gasteiger partial charge is 0.378 e. The van der Waals surface area contributed by atoms with Gasteiger partial charge in [0.25, 0.3) is 0 Å². The lowest BCUT2D eigenvalue weighted by Crippen LogP contribution is -2.33. The molecule has 2 unspecified atom stereocenters. The molecule has 2 rings (SSSR count). The fourth-order valence-electron chi connectivity index (χ4n) is 2.50. The van der Waals surface area contributed by atoms with Gasteiger partial charge in [0, 0.05) is 32.8 Å². The Morgan fingerprint density at radius 1 is 1.19 bits per heavy atom. The zero-order valence-corrected chi connectivity index (χ0v) is 13.4. The van der Waals surface area contributed by atoms with E-state index < -0.39 is 0 Å². The Morgan fingerprint density at radius 2 is 1.90 bits per heavy atom. The van der Waals surface area contributed by atoms with Crippen molar-refractivity contribution < 1.29 is 4.74 Å². The molecule has 0 saturated carbocycles. The molecule has 0 amide bonds. The van der Waals surface area contributed by atoms with Crippen LogP contribution in [0.1, 0.15) is 33.6 Å². The lowest BCUT2D eigenvalue weighted by Gasteiger charge is -2.28. The summed E-state index contributed by atoms with van der Waals surface area (Å²) < 4.78 is 5.57. The maximum Gasteiger partial charge on any atom is 0.231 e. The van der Waals surface area contributed by atoms with Crippen molar-refractivity contribution in [3.05, 3.63) is 0 Å². The molecule has 0 spiro atoms. The summed E-state index contributed by atoms with van der Waals surface area (Å²) in [5.41, 5.74) is 0. The predicted octanol–water partition coefficient (Wildman–Crippen LogP) is 1.74. The Labute approximate surface area is 126 Å². The lowest BCUT2D eigenvalue weighted by atomic mass is 10.0. The molecule has 1 saturated heterocycles. The molecule has 0 bridgehead atoms. The molecule has 118 valence electrons. The first-order valence-electron chi connectivity index (χ1n) is 7.73. The van der Waals surface area contributed by atoms with Gasteiger partial charge in [0.1, 0.15) is 0 Å². The van der Waals surface area contributed by atoms with Crippen molar-refractivity contribution in [1.29, 1.82) is 0 Å². The van der Waals surface area contributed by atoms with Crippen molar-refractivity contribution in [2.24, 2.45) is 0 Å². The molecule has 0 radical (unpaired) electrons. The summed E-state index contributed by atoms with van der Waals surface area (Å²) in [6, 6.07) is 0.352. The van der Waals surface area contributed by atoms with Gasteiger partial charge in [0.15, 0.2) is 0 Å². The third kappa shape index (κ3) is 4.17. The zero-order chi connectivity index (χ0) is 15.2. The SMILES string of the molecule is CCN(CC)c1nc(NC)nc(NC2CCOC(C)C2)n1. The summed E-state index contributed by atoms with van der Waals surface area (Å²) in [4.78, 5) is 15.5. The number of hydrogen-bond donors (Lipinski definition) is 2. The summed E-state index contributed by atoms with van der Waals surface area (Å²) in [5.74, 6) is 1.94. The van der Waals surface area contributed by atoms with Crippen molar-refractivity contribution in [3.63, 3.8) is 0 Å². The highest BCUT2D eigenvalue weighted by atomic mass is 16.5. The highest BCUT2D eigenvalue weighted by Crippen LogP contribution is 2.19. The highest BCUT2D eigenvalue weighted by Gasteiger charge is 2.20. The average Bonchev–Trinajstić information content (AvgIpc) is 2.48. The van der Waals surface area contributed by atoms with E-state index in [9.17, 15) is 0 Å². The quantitative estimate of drug-likeness (QED) is 0.827. The Bertz CT molecular complexity index is 451. The Hall–Kier alpha value is -1.63. The van der Waals surface area contributed by atoms with E-state index in [0.717, 1.165) is 32.5 Å². The van der Waals surface area contributed by atoms with Crippen LogP contribution in [0.2, 0.25) is 0 Å². The predicted molar refractivity (Wildman–Crippen MR) is 85.0 cm³/mol. The van der Waals surface area contributed by atoms with Gasteiger partial charge in [-0.1, -0.05) is 0 Å². The maximum absolute atomic E-state index is 5.57.